The summed E-state index contributed by atoms with van der Waals surface area (Å²) in [5.74, 6) is 3.05. The van der Waals surface area contributed by atoms with Crippen LogP contribution in [0.4, 0.5) is 0 Å². The van der Waals surface area contributed by atoms with Crippen molar-refractivity contribution >= 4 is 51.9 Å². The van der Waals surface area contributed by atoms with Crippen molar-refractivity contribution in [1.29, 1.82) is 0 Å². The van der Waals surface area contributed by atoms with Crippen molar-refractivity contribution in [3.05, 3.63) is 32.4 Å². The Morgan fingerprint density at radius 2 is 2.17 bits per heavy atom. The molecule has 1 N–H and O–H groups in total. The number of carbonyl (C=O) groups is 1. The molecule has 2 nitrogen and oxygen atoms in total. The highest BCUT2D eigenvalue weighted by molar-refractivity contribution is 14.1. The fourth-order valence-corrected chi connectivity index (χ4v) is 3.65. The highest BCUT2D eigenvalue weighted by Gasteiger charge is 2.15. The van der Waals surface area contributed by atoms with E-state index in [4.69, 9.17) is 11.6 Å². The lowest BCUT2D eigenvalue weighted by Gasteiger charge is -2.21. The standard InChI is InChI=1S/C13H15ClINOS/c14-11-7-10(1-2-12(11)15)13(17)16-8-9-3-5-18-6-4-9/h1-2,7,9H,3-6,8H2,(H,16,17). The average molecular weight is 396 g/mol. The zero-order chi connectivity index (χ0) is 13.0. The minimum Gasteiger partial charge on any atom is -0.352 e. The Balaban J connectivity index is 1.88. The van der Waals surface area contributed by atoms with Gasteiger partial charge in [0, 0.05) is 15.7 Å². The van der Waals surface area contributed by atoms with Crippen LogP contribution in [-0.2, 0) is 0 Å². The van der Waals surface area contributed by atoms with Gasteiger partial charge in [-0.1, -0.05) is 11.6 Å². The van der Waals surface area contributed by atoms with Crippen molar-refractivity contribution in [2.45, 2.75) is 12.8 Å². The lowest BCUT2D eigenvalue weighted by atomic mass is 10.0. The van der Waals surface area contributed by atoms with Gasteiger partial charge in [-0.2, -0.15) is 11.8 Å². The minimum absolute atomic E-state index is 0.0217. The largest absolute Gasteiger partial charge is 0.352 e. The molecule has 1 aliphatic heterocycles. The van der Waals surface area contributed by atoms with Crippen molar-refractivity contribution in [2.75, 3.05) is 18.1 Å². The van der Waals surface area contributed by atoms with Crippen LogP contribution < -0.4 is 5.32 Å². The summed E-state index contributed by atoms with van der Waals surface area (Å²) >= 11 is 10.2. The lowest BCUT2D eigenvalue weighted by Crippen LogP contribution is -2.30. The molecular formula is C13H15ClINOS. The van der Waals surface area contributed by atoms with Crippen LogP contribution in [0.2, 0.25) is 5.02 Å². The Labute approximate surface area is 130 Å². The second kappa shape index (κ2) is 7.01. The Hall–Kier alpha value is 0.0600. The summed E-state index contributed by atoms with van der Waals surface area (Å²) in [4.78, 5) is 12.0. The first-order valence-electron chi connectivity index (χ1n) is 5.98. The molecule has 1 saturated heterocycles. The third-order valence-corrected chi connectivity index (χ3v) is 5.69. The molecule has 0 aromatic heterocycles. The summed E-state index contributed by atoms with van der Waals surface area (Å²) < 4.78 is 0.968. The van der Waals surface area contributed by atoms with Crippen LogP contribution in [-0.4, -0.2) is 24.0 Å². The second-order valence-corrected chi connectivity index (χ2v) is 7.19. The van der Waals surface area contributed by atoms with E-state index in [0.29, 0.717) is 16.5 Å². The highest BCUT2D eigenvalue weighted by atomic mass is 127. The monoisotopic (exact) mass is 395 g/mol. The molecule has 1 amide bonds. The first kappa shape index (κ1) is 14.5. The molecule has 5 heteroatoms. The van der Waals surface area contributed by atoms with E-state index >= 15 is 0 Å². The van der Waals surface area contributed by atoms with Crippen LogP contribution in [0.3, 0.4) is 0 Å². The van der Waals surface area contributed by atoms with Crippen LogP contribution in [0, 0.1) is 9.49 Å². The average Bonchev–Trinajstić information content (AvgIpc) is 2.40. The number of rotatable bonds is 3. The maximum atomic E-state index is 12.0. The van der Waals surface area contributed by atoms with Gasteiger partial charge in [-0.3, -0.25) is 4.79 Å². The predicted molar refractivity (Wildman–Crippen MR) is 86.6 cm³/mol. The van der Waals surface area contributed by atoms with Gasteiger partial charge >= 0.3 is 0 Å². The predicted octanol–water partition coefficient (Wildman–Crippen LogP) is 3.82. The number of nitrogens with one attached hydrogen (secondary N) is 1. The second-order valence-electron chi connectivity index (χ2n) is 4.39. The number of hydrogen-bond acceptors (Lipinski definition) is 2. The molecule has 1 aromatic rings. The van der Waals surface area contributed by atoms with Crippen LogP contribution in [0.25, 0.3) is 0 Å². The molecule has 2 rings (SSSR count). The first-order valence-corrected chi connectivity index (χ1v) is 8.59. The van der Waals surface area contributed by atoms with E-state index in [2.05, 4.69) is 27.9 Å². The van der Waals surface area contributed by atoms with Crippen molar-refractivity contribution in [1.82, 2.24) is 5.32 Å². The lowest BCUT2D eigenvalue weighted by molar-refractivity contribution is 0.0946. The molecule has 0 bridgehead atoms. The number of carbonyl (C=O) groups excluding carboxylic acids is 1. The van der Waals surface area contributed by atoms with Gasteiger partial charge in [-0.05, 0) is 71.1 Å². The normalized spacial score (nSPS) is 16.6. The van der Waals surface area contributed by atoms with Crippen molar-refractivity contribution in [3.8, 4) is 0 Å². The van der Waals surface area contributed by atoms with E-state index in [-0.39, 0.29) is 5.91 Å². The Bertz CT molecular complexity index is 435. The summed E-state index contributed by atoms with van der Waals surface area (Å²) in [6.07, 6.45) is 2.41. The summed E-state index contributed by atoms with van der Waals surface area (Å²) in [7, 11) is 0. The van der Waals surface area contributed by atoms with Crippen LogP contribution in [0.5, 0.6) is 0 Å². The van der Waals surface area contributed by atoms with Crippen molar-refractivity contribution in [2.24, 2.45) is 5.92 Å². The van der Waals surface area contributed by atoms with E-state index < -0.39 is 0 Å². The summed E-state index contributed by atoms with van der Waals surface area (Å²) in [6, 6.07) is 5.42. The Kier molecular flexibility index (Phi) is 5.63. The van der Waals surface area contributed by atoms with Crippen LogP contribution in [0.15, 0.2) is 18.2 Å². The molecule has 1 fully saturated rings. The molecule has 18 heavy (non-hydrogen) atoms. The van der Waals surface area contributed by atoms with E-state index in [0.717, 1.165) is 10.1 Å². The molecular weight excluding hydrogens is 381 g/mol. The van der Waals surface area contributed by atoms with E-state index in [9.17, 15) is 4.79 Å². The minimum atomic E-state index is -0.0217. The Morgan fingerprint density at radius 3 is 2.83 bits per heavy atom. The third-order valence-electron chi connectivity index (χ3n) is 3.07. The quantitative estimate of drug-likeness (QED) is 0.788. The van der Waals surface area contributed by atoms with E-state index in [1.54, 1.807) is 6.07 Å². The molecule has 1 aliphatic rings. The molecule has 0 saturated carbocycles. The number of benzene rings is 1. The maximum Gasteiger partial charge on any atom is 0.251 e. The Morgan fingerprint density at radius 1 is 1.44 bits per heavy atom. The van der Waals surface area contributed by atoms with E-state index in [1.807, 2.05) is 23.9 Å². The number of halogens is 2. The zero-order valence-corrected chi connectivity index (χ0v) is 13.6. The number of thioether (sulfide) groups is 1. The smallest absolute Gasteiger partial charge is 0.251 e. The SMILES string of the molecule is O=C(NCC1CCSCC1)c1ccc(I)c(Cl)c1. The van der Waals surface area contributed by atoms with Crippen LogP contribution in [0.1, 0.15) is 23.2 Å². The topological polar surface area (TPSA) is 29.1 Å². The van der Waals surface area contributed by atoms with Crippen LogP contribution >= 0.6 is 46.0 Å². The van der Waals surface area contributed by atoms with Gasteiger partial charge < -0.3 is 5.32 Å². The summed E-state index contributed by atoms with van der Waals surface area (Å²) in [5.41, 5.74) is 0.644. The molecule has 1 heterocycles. The fourth-order valence-electron chi connectivity index (χ4n) is 1.93. The molecule has 0 unspecified atom stereocenters. The van der Waals surface area contributed by atoms with Gasteiger partial charge in [-0.25, -0.2) is 0 Å². The van der Waals surface area contributed by atoms with Crippen molar-refractivity contribution < 1.29 is 4.79 Å². The van der Waals surface area contributed by atoms with Gasteiger partial charge in [0.05, 0.1) is 5.02 Å². The maximum absolute atomic E-state index is 12.0. The molecule has 0 aliphatic carbocycles. The fraction of sp³-hybridized carbons (Fsp3) is 0.462. The van der Waals surface area contributed by atoms with Gasteiger partial charge in [-0.15, -0.1) is 0 Å². The molecule has 1 aromatic carbocycles. The molecule has 0 spiro atoms. The van der Waals surface area contributed by atoms with Gasteiger partial charge in [0.15, 0.2) is 0 Å². The summed E-state index contributed by atoms with van der Waals surface area (Å²) in [6.45, 7) is 0.781. The van der Waals surface area contributed by atoms with Gasteiger partial charge in [0.2, 0.25) is 0 Å². The number of amides is 1. The zero-order valence-electron chi connectivity index (χ0n) is 9.92. The molecule has 0 atom stereocenters. The van der Waals surface area contributed by atoms with Gasteiger partial charge in [0.25, 0.3) is 5.91 Å². The third kappa shape index (κ3) is 4.03. The first-order chi connectivity index (χ1) is 8.66. The number of hydrogen-bond donors (Lipinski definition) is 1. The highest BCUT2D eigenvalue weighted by Crippen LogP contribution is 2.22. The summed E-state index contributed by atoms with van der Waals surface area (Å²) in [5, 5.41) is 3.64. The molecule has 98 valence electrons. The van der Waals surface area contributed by atoms with Gasteiger partial charge in [0.1, 0.15) is 0 Å². The van der Waals surface area contributed by atoms with Crippen molar-refractivity contribution in [3.63, 3.8) is 0 Å². The molecule has 0 radical (unpaired) electrons. The van der Waals surface area contributed by atoms with E-state index in [1.165, 1.54) is 24.3 Å².